The fraction of sp³-hybridized carbons (Fsp3) is 0.231. The summed E-state index contributed by atoms with van der Waals surface area (Å²) in [6.07, 6.45) is 1.21. The van der Waals surface area contributed by atoms with Crippen LogP contribution in [-0.2, 0) is 11.2 Å². The molecule has 5 nitrogen and oxygen atoms in total. The van der Waals surface area contributed by atoms with E-state index in [0.717, 1.165) is 11.1 Å². The van der Waals surface area contributed by atoms with Crippen LogP contribution in [0.15, 0.2) is 28.9 Å². The SMILES string of the molecule is COc1cc(C)cc(-c2nc(CC(=O)O)co2)c1. The molecule has 0 spiro atoms. The molecular formula is C13H13NO4. The number of nitrogens with zero attached hydrogens (tertiary/aromatic N) is 1. The molecule has 0 atom stereocenters. The third-order valence-electron chi connectivity index (χ3n) is 2.42. The highest BCUT2D eigenvalue weighted by Crippen LogP contribution is 2.25. The summed E-state index contributed by atoms with van der Waals surface area (Å²) in [5.41, 5.74) is 2.18. The number of aromatic nitrogens is 1. The van der Waals surface area contributed by atoms with E-state index in [4.69, 9.17) is 14.3 Å². The van der Waals surface area contributed by atoms with Crippen molar-refractivity contribution in [2.75, 3.05) is 7.11 Å². The number of oxazole rings is 1. The molecule has 0 radical (unpaired) electrons. The highest BCUT2D eigenvalue weighted by molar-refractivity contribution is 5.69. The zero-order valence-electron chi connectivity index (χ0n) is 10.1. The molecule has 1 heterocycles. The van der Waals surface area contributed by atoms with Gasteiger partial charge < -0.3 is 14.3 Å². The number of hydrogen-bond donors (Lipinski definition) is 1. The largest absolute Gasteiger partial charge is 0.497 e. The third-order valence-corrected chi connectivity index (χ3v) is 2.42. The number of rotatable bonds is 4. The summed E-state index contributed by atoms with van der Waals surface area (Å²) in [5, 5.41) is 8.67. The van der Waals surface area contributed by atoms with E-state index in [1.54, 1.807) is 13.2 Å². The molecule has 0 saturated carbocycles. The van der Waals surface area contributed by atoms with Gasteiger partial charge in [0.15, 0.2) is 0 Å². The first-order valence-electron chi connectivity index (χ1n) is 5.40. The van der Waals surface area contributed by atoms with Gasteiger partial charge in [0.25, 0.3) is 0 Å². The van der Waals surface area contributed by atoms with Crippen LogP contribution in [0.1, 0.15) is 11.3 Å². The Labute approximate surface area is 104 Å². The van der Waals surface area contributed by atoms with E-state index in [2.05, 4.69) is 4.98 Å². The predicted molar refractivity (Wildman–Crippen MR) is 64.6 cm³/mol. The molecule has 0 unspecified atom stereocenters. The summed E-state index contributed by atoms with van der Waals surface area (Å²) in [4.78, 5) is 14.7. The van der Waals surface area contributed by atoms with Crippen LogP contribution in [0.25, 0.3) is 11.5 Å². The maximum atomic E-state index is 10.6. The van der Waals surface area contributed by atoms with Gasteiger partial charge in [0.05, 0.1) is 19.2 Å². The molecule has 1 aromatic carbocycles. The van der Waals surface area contributed by atoms with Crippen LogP contribution in [0, 0.1) is 6.92 Å². The molecule has 2 aromatic rings. The van der Waals surface area contributed by atoms with Gasteiger partial charge in [-0.25, -0.2) is 4.98 Å². The summed E-state index contributed by atoms with van der Waals surface area (Å²) >= 11 is 0. The number of aryl methyl sites for hydroxylation is 1. The number of hydrogen-bond acceptors (Lipinski definition) is 4. The van der Waals surface area contributed by atoms with E-state index in [0.29, 0.717) is 17.3 Å². The highest BCUT2D eigenvalue weighted by atomic mass is 16.5. The van der Waals surface area contributed by atoms with Gasteiger partial charge in [-0.3, -0.25) is 4.79 Å². The zero-order valence-corrected chi connectivity index (χ0v) is 10.1. The monoisotopic (exact) mass is 247 g/mol. The van der Waals surface area contributed by atoms with Crippen molar-refractivity contribution in [2.24, 2.45) is 0 Å². The lowest BCUT2D eigenvalue weighted by molar-refractivity contribution is -0.136. The summed E-state index contributed by atoms with van der Waals surface area (Å²) in [6.45, 7) is 1.94. The van der Waals surface area contributed by atoms with E-state index in [-0.39, 0.29) is 6.42 Å². The number of benzene rings is 1. The molecule has 5 heteroatoms. The summed E-state index contributed by atoms with van der Waals surface area (Å²) in [7, 11) is 1.59. The number of ether oxygens (including phenoxy) is 1. The maximum absolute atomic E-state index is 10.6. The Morgan fingerprint density at radius 1 is 1.44 bits per heavy atom. The fourth-order valence-electron chi connectivity index (χ4n) is 1.66. The normalized spacial score (nSPS) is 10.3. The average molecular weight is 247 g/mol. The Morgan fingerprint density at radius 3 is 2.89 bits per heavy atom. The standard InChI is InChI=1S/C13H13NO4/c1-8-3-9(5-11(4-8)17-2)13-14-10(7-18-13)6-12(15)16/h3-5,7H,6H2,1-2H3,(H,15,16). The lowest BCUT2D eigenvalue weighted by Crippen LogP contribution is -1.99. The van der Waals surface area contributed by atoms with Crippen molar-refractivity contribution in [1.29, 1.82) is 0 Å². The molecule has 1 aromatic heterocycles. The minimum atomic E-state index is -0.934. The number of carboxylic acids is 1. The molecule has 0 aliphatic carbocycles. The molecule has 0 bridgehead atoms. The van der Waals surface area contributed by atoms with E-state index in [9.17, 15) is 4.79 Å². The smallest absolute Gasteiger partial charge is 0.309 e. The first-order chi connectivity index (χ1) is 8.58. The van der Waals surface area contributed by atoms with Gasteiger partial charge in [-0.2, -0.15) is 0 Å². The zero-order chi connectivity index (χ0) is 13.1. The van der Waals surface area contributed by atoms with Crippen molar-refractivity contribution < 1.29 is 19.1 Å². The average Bonchev–Trinajstić information content (AvgIpc) is 2.75. The van der Waals surface area contributed by atoms with Crippen LogP contribution >= 0.6 is 0 Å². The van der Waals surface area contributed by atoms with E-state index >= 15 is 0 Å². The Hall–Kier alpha value is -2.30. The van der Waals surface area contributed by atoms with Crippen molar-refractivity contribution in [1.82, 2.24) is 4.98 Å². The quantitative estimate of drug-likeness (QED) is 0.897. The minimum Gasteiger partial charge on any atom is -0.497 e. The molecule has 0 fully saturated rings. The maximum Gasteiger partial charge on any atom is 0.309 e. The van der Waals surface area contributed by atoms with Crippen molar-refractivity contribution in [3.63, 3.8) is 0 Å². The fourth-order valence-corrected chi connectivity index (χ4v) is 1.66. The molecule has 94 valence electrons. The van der Waals surface area contributed by atoms with Gasteiger partial charge >= 0.3 is 5.97 Å². The van der Waals surface area contributed by atoms with Crippen molar-refractivity contribution in [3.05, 3.63) is 35.7 Å². The number of carboxylic acid groups (broad SMARTS) is 1. The topological polar surface area (TPSA) is 72.6 Å². The van der Waals surface area contributed by atoms with Gasteiger partial charge in [0, 0.05) is 5.56 Å². The van der Waals surface area contributed by atoms with E-state index < -0.39 is 5.97 Å². The van der Waals surface area contributed by atoms with Gasteiger partial charge in [-0.1, -0.05) is 0 Å². The lowest BCUT2D eigenvalue weighted by Gasteiger charge is -2.03. The number of carbonyl (C=O) groups is 1. The van der Waals surface area contributed by atoms with Crippen LogP contribution in [0.3, 0.4) is 0 Å². The van der Waals surface area contributed by atoms with Gasteiger partial charge in [-0.15, -0.1) is 0 Å². The van der Waals surface area contributed by atoms with Crippen LogP contribution < -0.4 is 4.74 Å². The van der Waals surface area contributed by atoms with E-state index in [1.165, 1.54) is 6.26 Å². The molecule has 0 aliphatic heterocycles. The van der Waals surface area contributed by atoms with Crippen LogP contribution in [0.4, 0.5) is 0 Å². The molecule has 18 heavy (non-hydrogen) atoms. The van der Waals surface area contributed by atoms with Crippen molar-refractivity contribution in [3.8, 4) is 17.2 Å². The first-order valence-corrected chi connectivity index (χ1v) is 5.40. The van der Waals surface area contributed by atoms with Crippen molar-refractivity contribution >= 4 is 5.97 Å². The second-order valence-electron chi connectivity index (χ2n) is 3.95. The number of methoxy groups -OCH3 is 1. The molecule has 0 aliphatic rings. The summed E-state index contributed by atoms with van der Waals surface area (Å²) in [5.74, 6) is 0.174. The molecular weight excluding hydrogens is 234 g/mol. The Kier molecular flexibility index (Phi) is 3.32. The highest BCUT2D eigenvalue weighted by Gasteiger charge is 2.10. The Bertz CT molecular complexity index is 574. The Morgan fingerprint density at radius 2 is 2.22 bits per heavy atom. The third kappa shape index (κ3) is 2.68. The van der Waals surface area contributed by atoms with Gasteiger partial charge in [0.1, 0.15) is 12.0 Å². The van der Waals surface area contributed by atoms with Gasteiger partial charge in [0.2, 0.25) is 5.89 Å². The number of aliphatic carboxylic acids is 1. The summed E-state index contributed by atoms with van der Waals surface area (Å²) < 4.78 is 10.4. The molecule has 0 amide bonds. The molecule has 0 saturated heterocycles. The lowest BCUT2D eigenvalue weighted by atomic mass is 10.1. The minimum absolute atomic E-state index is 0.146. The van der Waals surface area contributed by atoms with E-state index in [1.807, 2.05) is 19.1 Å². The molecule has 2 rings (SSSR count). The van der Waals surface area contributed by atoms with Crippen molar-refractivity contribution in [2.45, 2.75) is 13.3 Å². The van der Waals surface area contributed by atoms with Crippen LogP contribution in [0.5, 0.6) is 5.75 Å². The predicted octanol–water partition coefficient (Wildman–Crippen LogP) is 2.29. The molecule has 1 N–H and O–H groups in total. The first kappa shape index (κ1) is 12.2. The van der Waals surface area contributed by atoms with Crippen LogP contribution in [-0.4, -0.2) is 23.2 Å². The Balaban J connectivity index is 2.33. The second kappa shape index (κ2) is 4.91. The van der Waals surface area contributed by atoms with Crippen LogP contribution in [0.2, 0.25) is 0 Å². The van der Waals surface area contributed by atoms with Gasteiger partial charge in [-0.05, 0) is 30.7 Å². The second-order valence-corrected chi connectivity index (χ2v) is 3.95. The summed E-state index contributed by atoms with van der Waals surface area (Å²) in [6, 6.07) is 5.59.